The van der Waals surface area contributed by atoms with Gasteiger partial charge in [0, 0.05) is 7.11 Å². The number of carbonyl (C=O) groups is 3. The van der Waals surface area contributed by atoms with Crippen molar-refractivity contribution < 1.29 is 23.9 Å². The summed E-state index contributed by atoms with van der Waals surface area (Å²) in [5.74, 6) is -1.71. The highest BCUT2D eigenvalue weighted by atomic mass is 16.5. The Morgan fingerprint density at radius 3 is 2.58 bits per heavy atom. The molecule has 0 spiro atoms. The lowest BCUT2D eigenvalue weighted by Crippen LogP contribution is -2.58. The van der Waals surface area contributed by atoms with Crippen LogP contribution in [0.5, 0.6) is 0 Å². The topological polar surface area (TPSA) is 84.9 Å². The third kappa shape index (κ3) is 4.29. The zero-order valence-electron chi connectivity index (χ0n) is 11.3. The number of hydrogen-bond donors (Lipinski definition) is 1. The number of ether oxygens (including phenoxy) is 2. The van der Waals surface area contributed by atoms with E-state index in [2.05, 4.69) is 5.32 Å². The van der Waals surface area contributed by atoms with Gasteiger partial charge in [0.25, 0.3) is 0 Å². The molecule has 108 valence electrons. The summed E-state index contributed by atoms with van der Waals surface area (Å²) in [5.41, 5.74) is 0. The van der Waals surface area contributed by atoms with Gasteiger partial charge in [-0.2, -0.15) is 0 Å². The molecule has 1 atom stereocenters. The van der Waals surface area contributed by atoms with Crippen LogP contribution in [-0.4, -0.2) is 56.2 Å². The summed E-state index contributed by atoms with van der Waals surface area (Å²) in [5, 5.41) is 2.19. The molecule has 1 rings (SSSR count). The van der Waals surface area contributed by atoms with Crippen LogP contribution in [0.1, 0.15) is 19.8 Å². The third-order valence-corrected chi connectivity index (χ3v) is 2.82. The molecule has 0 aromatic heterocycles. The van der Waals surface area contributed by atoms with Crippen molar-refractivity contribution in [2.45, 2.75) is 19.8 Å². The van der Waals surface area contributed by atoms with Crippen LogP contribution in [0.2, 0.25) is 0 Å². The molecule has 1 saturated heterocycles. The molecule has 7 nitrogen and oxygen atoms in total. The Kier molecular flexibility index (Phi) is 6.44. The first-order chi connectivity index (χ1) is 9.11. The van der Waals surface area contributed by atoms with E-state index in [9.17, 15) is 14.4 Å². The van der Waals surface area contributed by atoms with Crippen molar-refractivity contribution in [3.63, 3.8) is 0 Å². The van der Waals surface area contributed by atoms with Crippen molar-refractivity contribution in [1.29, 1.82) is 0 Å². The van der Waals surface area contributed by atoms with E-state index in [1.54, 1.807) is 7.11 Å². The average Bonchev–Trinajstić information content (AvgIpc) is 2.37. The van der Waals surface area contributed by atoms with Crippen LogP contribution >= 0.6 is 0 Å². The number of imide groups is 2. The molecule has 1 fully saturated rings. The molecule has 1 aliphatic rings. The van der Waals surface area contributed by atoms with Gasteiger partial charge >= 0.3 is 6.03 Å². The number of methoxy groups -OCH3 is 1. The van der Waals surface area contributed by atoms with Gasteiger partial charge in [0.15, 0.2) is 0 Å². The summed E-state index contributed by atoms with van der Waals surface area (Å²) < 4.78 is 10.0. The van der Waals surface area contributed by atoms with Gasteiger partial charge in [-0.1, -0.05) is 13.3 Å². The van der Waals surface area contributed by atoms with E-state index in [4.69, 9.17) is 9.47 Å². The lowest BCUT2D eigenvalue weighted by Gasteiger charge is -2.29. The first kappa shape index (κ1) is 15.6. The molecule has 7 heteroatoms. The van der Waals surface area contributed by atoms with Crippen molar-refractivity contribution in [3.05, 3.63) is 0 Å². The second-order valence-electron chi connectivity index (χ2n) is 4.23. The molecular formula is C12H20N2O5. The molecule has 0 saturated carbocycles. The monoisotopic (exact) mass is 272 g/mol. The van der Waals surface area contributed by atoms with Gasteiger partial charge in [0.2, 0.25) is 11.8 Å². The van der Waals surface area contributed by atoms with E-state index in [1.165, 1.54) is 0 Å². The zero-order valence-corrected chi connectivity index (χ0v) is 11.3. The molecule has 4 amide bonds. The van der Waals surface area contributed by atoms with E-state index in [0.29, 0.717) is 26.1 Å². The standard InChI is InChI=1S/C12H20N2O5/c1-3-4-9-10(15)13-12(17)14(11(9)16)5-6-19-8-7-18-2/h9H,3-8H2,1-2H3,(H,13,15,17). The maximum absolute atomic E-state index is 12.0. The van der Waals surface area contributed by atoms with E-state index in [1.807, 2.05) is 6.92 Å². The number of rotatable bonds is 8. The molecule has 0 aliphatic carbocycles. The summed E-state index contributed by atoms with van der Waals surface area (Å²) in [7, 11) is 1.56. The summed E-state index contributed by atoms with van der Waals surface area (Å²) in [6.07, 6.45) is 1.15. The highest BCUT2D eigenvalue weighted by molar-refractivity contribution is 6.16. The minimum atomic E-state index is -0.762. The number of barbiturate groups is 1. The lowest BCUT2D eigenvalue weighted by atomic mass is 9.99. The van der Waals surface area contributed by atoms with Gasteiger partial charge in [-0.05, 0) is 6.42 Å². The molecule has 0 bridgehead atoms. The molecule has 1 heterocycles. The smallest absolute Gasteiger partial charge is 0.330 e. The lowest BCUT2D eigenvalue weighted by molar-refractivity contribution is -0.143. The Hall–Kier alpha value is -1.47. The van der Waals surface area contributed by atoms with E-state index in [0.717, 1.165) is 4.90 Å². The largest absolute Gasteiger partial charge is 0.382 e. The van der Waals surface area contributed by atoms with Crippen LogP contribution in [0.4, 0.5) is 4.79 Å². The average molecular weight is 272 g/mol. The van der Waals surface area contributed by atoms with Crippen molar-refractivity contribution in [2.75, 3.05) is 33.5 Å². The molecule has 1 N–H and O–H groups in total. The molecule has 0 aromatic carbocycles. The Balaban J connectivity index is 2.48. The fourth-order valence-electron chi connectivity index (χ4n) is 1.82. The van der Waals surface area contributed by atoms with Gasteiger partial charge in [-0.3, -0.25) is 19.8 Å². The highest BCUT2D eigenvalue weighted by Gasteiger charge is 2.39. The Morgan fingerprint density at radius 1 is 1.21 bits per heavy atom. The number of carbonyl (C=O) groups excluding carboxylic acids is 3. The minimum absolute atomic E-state index is 0.141. The van der Waals surface area contributed by atoms with Crippen molar-refractivity contribution >= 4 is 17.8 Å². The minimum Gasteiger partial charge on any atom is -0.382 e. The zero-order chi connectivity index (χ0) is 14.3. The number of nitrogens with zero attached hydrogens (tertiary/aromatic N) is 1. The summed E-state index contributed by atoms with van der Waals surface area (Å²) in [6, 6.07) is -0.669. The summed E-state index contributed by atoms with van der Waals surface area (Å²) in [4.78, 5) is 36.2. The summed E-state index contributed by atoms with van der Waals surface area (Å²) in [6.45, 7) is 3.11. The first-order valence-corrected chi connectivity index (χ1v) is 6.34. The predicted octanol–water partition coefficient (Wildman–Crippen LogP) is 0.144. The molecule has 0 radical (unpaired) electrons. The molecule has 1 unspecified atom stereocenters. The third-order valence-electron chi connectivity index (χ3n) is 2.82. The van der Waals surface area contributed by atoms with Gasteiger partial charge in [0.1, 0.15) is 5.92 Å². The highest BCUT2D eigenvalue weighted by Crippen LogP contribution is 2.15. The second-order valence-corrected chi connectivity index (χ2v) is 4.23. The normalized spacial score (nSPS) is 19.8. The van der Waals surface area contributed by atoms with E-state index >= 15 is 0 Å². The number of hydrogen-bond acceptors (Lipinski definition) is 5. The molecule has 1 aliphatic heterocycles. The number of amides is 4. The van der Waals surface area contributed by atoms with Gasteiger partial charge in [-0.25, -0.2) is 4.79 Å². The van der Waals surface area contributed by atoms with Crippen LogP contribution in [-0.2, 0) is 19.1 Å². The summed E-state index contributed by atoms with van der Waals surface area (Å²) >= 11 is 0. The first-order valence-electron chi connectivity index (χ1n) is 6.34. The fourth-order valence-corrected chi connectivity index (χ4v) is 1.82. The van der Waals surface area contributed by atoms with Gasteiger partial charge in [-0.15, -0.1) is 0 Å². The Bertz CT molecular complexity index is 345. The maximum atomic E-state index is 12.0. The van der Waals surface area contributed by atoms with Gasteiger partial charge < -0.3 is 9.47 Å². The molecule has 19 heavy (non-hydrogen) atoms. The van der Waals surface area contributed by atoms with Crippen LogP contribution in [0.15, 0.2) is 0 Å². The van der Waals surface area contributed by atoms with Crippen LogP contribution in [0, 0.1) is 5.92 Å². The van der Waals surface area contributed by atoms with Crippen LogP contribution in [0.3, 0.4) is 0 Å². The van der Waals surface area contributed by atoms with Crippen LogP contribution in [0.25, 0.3) is 0 Å². The van der Waals surface area contributed by atoms with Crippen molar-refractivity contribution in [1.82, 2.24) is 10.2 Å². The number of urea groups is 1. The predicted molar refractivity (Wildman–Crippen MR) is 66.3 cm³/mol. The van der Waals surface area contributed by atoms with E-state index in [-0.39, 0.29) is 13.2 Å². The van der Waals surface area contributed by atoms with E-state index < -0.39 is 23.8 Å². The Labute approximate surface area is 112 Å². The number of nitrogens with one attached hydrogen (secondary N) is 1. The second kappa shape index (κ2) is 7.85. The van der Waals surface area contributed by atoms with Crippen molar-refractivity contribution in [3.8, 4) is 0 Å². The fraction of sp³-hybridized carbons (Fsp3) is 0.750. The Morgan fingerprint density at radius 2 is 1.95 bits per heavy atom. The molecule has 0 aromatic rings. The molecular weight excluding hydrogens is 252 g/mol. The SMILES string of the molecule is CCCC1C(=O)NC(=O)N(CCOCCOC)C1=O. The van der Waals surface area contributed by atoms with Crippen molar-refractivity contribution in [2.24, 2.45) is 5.92 Å². The van der Waals surface area contributed by atoms with Gasteiger partial charge in [0.05, 0.1) is 26.4 Å². The maximum Gasteiger partial charge on any atom is 0.330 e. The van der Waals surface area contributed by atoms with Crippen LogP contribution < -0.4 is 5.32 Å². The quantitative estimate of drug-likeness (QED) is 0.502.